The molecule has 0 aliphatic rings. The number of carbonyl (C=O) groups is 1. The summed E-state index contributed by atoms with van der Waals surface area (Å²) >= 11 is 0. The zero-order valence-electron chi connectivity index (χ0n) is 14.9. The van der Waals surface area contributed by atoms with Crippen LogP contribution in [0.1, 0.15) is 73.5 Å². The molecule has 0 aliphatic carbocycles. The molecule has 2 atom stereocenters. The van der Waals surface area contributed by atoms with E-state index in [1.807, 2.05) is 32.9 Å². The molecule has 0 aliphatic heterocycles. The van der Waals surface area contributed by atoms with Crippen molar-refractivity contribution < 1.29 is 9.36 Å². The van der Waals surface area contributed by atoms with Gasteiger partial charge < -0.3 is 0 Å². The second kappa shape index (κ2) is 8.58. The normalized spacial score (nSPS) is 13.3. The molecule has 0 heterocycles. The number of aryl methyl sites for hydroxylation is 3. The molecule has 0 bridgehead atoms. The summed E-state index contributed by atoms with van der Waals surface area (Å²) in [5.74, 6) is 0.466. The lowest BCUT2D eigenvalue weighted by Gasteiger charge is -2.11. The number of unbranched alkanes of at least 4 members (excludes halogenated alkanes) is 1. The van der Waals surface area contributed by atoms with Crippen LogP contribution in [0, 0.1) is 26.7 Å². The Hall–Kier alpha value is -1.01. The zero-order valence-corrected chi connectivity index (χ0v) is 15.8. The maximum atomic E-state index is 12.9. The molecule has 0 radical (unpaired) electrons. The summed E-state index contributed by atoms with van der Waals surface area (Å²) in [6, 6.07) is 4.01. The minimum absolute atomic E-state index is 0.0163. The minimum Gasteiger partial charge on any atom is -0.234 e. The molecule has 0 saturated heterocycles. The zero-order chi connectivity index (χ0) is 16.9. The first-order chi connectivity index (χ1) is 10.3. The lowest BCUT2D eigenvalue weighted by Crippen LogP contribution is -2.12. The van der Waals surface area contributed by atoms with Gasteiger partial charge in [-0.15, -0.1) is 0 Å². The number of hydrogen-bond acceptors (Lipinski definition) is 2. The Balaban J connectivity index is 3.05. The molecule has 0 aromatic heterocycles. The first-order valence-corrected chi connectivity index (χ1v) is 9.69. The Kier molecular flexibility index (Phi) is 7.42. The number of benzene rings is 1. The van der Waals surface area contributed by atoms with Crippen LogP contribution in [0.2, 0.25) is 0 Å². The Morgan fingerprint density at radius 2 is 1.68 bits per heavy atom. The maximum absolute atomic E-state index is 12.9. The summed E-state index contributed by atoms with van der Waals surface area (Å²) in [6.45, 7) is 12.3. The van der Waals surface area contributed by atoms with E-state index in [9.17, 15) is 9.36 Å². The first-order valence-electron chi connectivity index (χ1n) is 8.36. The van der Waals surface area contributed by atoms with Gasteiger partial charge in [-0.25, -0.2) is 4.79 Å². The monoisotopic (exact) mass is 321 g/mol. The van der Waals surface area contributed by atoms with Crippen molar-refractivity contribution in [2.24, 2.45) is 5.92 Å². The van der Waals surface area contributed by atoms with Gasteiger partial charge in [0, 0.05) is 0 Å². The summed E-state index contributed by atoms with van der Waals surface area (Å²) in [6.07, 6.45) is 3.87. The van der Waals surface area contributed by atoms with E-state index in [0.717, 1.165) is 42.4 Å². The molecule has 0 fully saturated rings. The standard InChI is InChI=1S/C19H30O2P/c1-7-8-9-17(10-13(2)3)22(21)19(20)18-15(5)11-14(4)12-16(18)6/h11-13,17H,7-10H2,1-6H3/q+1. The van der Waals surface area contributed by atoms with Crippen molar-refractivity contribution in [2.75, 3.05) is 0 Å². The predicted octanol–water partition coefficient (Wildman–Crippen LogP) is 6.18. The molecule has 1 aromatic rings. The molecule has 122 valence electrons. The quantitative estimate of drug-likeness (QED) is 0.535. The Labute approximate surface area is 136 Å². The van der Waals surface area contributed by atoms with Crippen molar-refractivity contribution in [1.82, 2.24) is 0 Å². The molecular weight excluding hydrogens is 291 g/mol. The van der Waals surface area contributed by atoms with Gasteiger partial charge >= 0.3 is 13.3 Å². The highest BCUT2D eigenvalue weighted by molar-refractivity contribution is 7.65. The molecule has 0 amide bonds. The van der Waals surface area contributed by atoms with E-state index in [-0.39, 0.29) is 11.2 Å². The van der Waals surface area contributed by atoms with Crippen LogP contribution in [0.5, 0.6) is 0 Å². The fourth-order valence-corrected chi connectivity index (χ4v) is 5.04. The largest absolute Gasteiger partial charge is 0.423 e. The molecule has 0 spiro atoms. The third-order valence-electron chi connectivity index (χ3n) is 4.06. The van der Waals surface area contributed by atoms with Gasteiger partial charge in [-0.05, 0) is 57.1 Å². The average Bonchev–Trinajstić information content (AvgIpc) is 2.40. The van der Waals surface area contributed by atoms with Crippen molar-refractivity contribution in [3.63, 3.8) is 0 Å². The number of carbonyl (C=O) groups excluding carboxylic acids is 1. The lowest BCUT2D eigenvalue weighted by molar-refractivity contribution is 0.107. The van der Waals surface area contributed by atoms with E-state index < -0.39 is 7.80 Å². The van der Waals surface area contributed by atoms with Crippen molar-refractivity contribution in [3.05, 3.63) is 34.4 Å². The molecule has 0 saturated carbocycles. The van der Waals surface area contributed by atoms with Crippen molar-refractivity contribution >= 4 is 13.3 Å². The van der Waals surface area contributed by atoms with E-state index in [2.05, 4.69) is 20.8 Å². The highest BCUT2D eigenvalue weighted by Crippen LogP contribution is 2.40. The Morgan fingerprint density at radius 1 is 1.14 bits per heavy atom. The van der Waals surface area contributed by atoms with Gasteiger partial charge in [0.05, 0.1) is 5.56 Å². The van der Waals surface area contributed by atoms with E-state index in [0.29, 0.717) is 11.5 Å². The van der Waals surface area contributed by atoms with Crippen molar-refractivity contribution in [3.8, 4) is 0 Å². The van der Waals surface area contributed by atoms with Crippen LogP contribution in [-0.4, -0.2) is 11.2 Å². The van der Waals surface area contributed by atoms with E-state index in [4.69, 9.17) is 0 Å². The molecule has 0 N–H and O–H groups in total. The summed E-state index contributed by atoms with van der Waals surface area (Å²) in [5, 5.41) is 0. The fraction of sp³-hybridized carbons (Fsp3) is 0.632. The smallest absolute Gasteiger partial charge is 0.234 e. The lowest BCUT2D eigenvalue weighted by atomic mass is 10.0. The second-order valence-electron chi connectivity index (χ2n) is 6.83. The average molecular weight is 321 g/mol. The summed E-state index contributed by atoms with van der Waals surface area (Å²) in [7, 11) is -1.86. The molecule has 3 heteroatoms. The van der Waals surface area contributed by atoms with Gasteiger partial charge in [-0.2, -0.15) is 0 Å². The number of hydrogen-bond donors (Lipinski definition) is 0. The molecule has 2 nitrogen and oxygen atoms in total. The van der Waals surface area contributed by atoms with Crippen LogP contribution in [0.25, 0.3) is 0 Å². The van der Waals surface area contributed by atoms with Gasteiger partial charge in [0.15, 0.2) is 5.66 Å². The van der Waals surface area contributed by atoms with E-state index in [1.54, 1.807) is 0 Å². The van der Waals surface area contributed by atoms with Crippen molar-refractivity contribution in [2.45, 2.75) is 72.9 Å². The molecule has 1 rings (SSSR count). The first kappa shape index (κ1) is 19.0. The van der Waals surface area contributed by atoms with Gasteiger partial charge in [0.25, 0.3) is 0 Å². The van der Waals surface area contributed by atoms with Gasteiger partial charge in [-0.1, -0.05) is 49.5 Å². The third kappa shape index (κ3) is 5.02. The van der Waals surface area contributed by atoms with Crippen LogP contribution in [0.4, 0.5) is 0 Å². The van der Waals surface area contributed by atoms with Crippen LogP contribution in [-0.2, 0) is 4.57 Å². The van der Waals surface area contributed by atoms with Gasteiger partial charge in [0.2, 0.25) is 0 Å². The summed E-state index contributed by atoms with van der Waals surface area (Å²) < 4.78 is 12.9. The van der Waals surface area contributed by atoms with E-state index >= 15 is 0 Å². The van der Waals surface area contributed by atoms with Crippen LogP contribution in [0.15, 0.2) is 12.1 Å². The van der Waals surface area contributed by atoms with Crippen LogP contribution >= 0.6 is 7.80 Å². The molecule has 1 aromatic carbocycles. The number of rotatable bonds is 8. The third-order valence-corrected chi connectivity index (χ3v) is 5.81. The Morgan fingerprint density at radius 3 is 2.14 bits per heavy atom. The second-order valence-corrected chi connectivity index (χ2v) is 8.62. The van der Waals surface area contributed by atoms with E-state index in [1.165, 1.54) is 0 Å². The maximum Gasteiger partial charge on any atom is 0.423 e. The summed E-state index contributed by atoms with van der Waals surface area (Å²) in [5.41, 5.74) is 3.59. The van der Waals surface area contributed by atoms with Crippen molar-refractivity contribution in [1.29, 1.82) is 0 Å². The molecule has 22 heavy (non-hydrogen) atoms. The van der Waals surface area contributed by atoms with Gasteiger partial charge in [-0.3, -0.25) is 0 Å². The highest BCUT2D eigenvalue weighted by Gasteiger charge is 2.40. The molecule has 2 unspecified atom stereocenters. The fourth-order valence-electron chi connectivity index (χ4n) is 3.11. The predicted molar refractivity (Wildman–Crippen MR) is 95.4 cm³/mol. The van der Waals surface area contributed by atoms with Crippen LogP contribution < -0.4 is 0 Å². The van der Waals surface area contributed by atoms with Crippen LogP contribution in [0.3, 0.4) is 0 Å². The SMILES string of the molecule is CCCCC(CC(C)C)[P+](=O)C(=O)c1c(C)cc(C)cc1C. The van der Waals surface area contributed by atoms with Gasteiger partial charge in [0.1, 0.15) is 0 Å². The minimum atomic E-state index is -1.86. The highest BCUT2D eigenvalue weighted by atomic mass is 31.1. The molecular formula is C19H30O2P+. The summed E-state index contributed by atoms with van der Waals surface area (Å²) in [4.78, 5) is 12.8. The topological polar surface area (TPSA) is 34.1 Å². The Bertz CT molecular complexity index is 523.